The van der Waals surface area contributed by atoms with Gasteiger partial charge in [-0.15, -0.1) is 0 Å². The molecule has 0 aromatic rings. The van der Waals surface area contributed by atoms with Gasteiger partial charge in [0.25, 0.3) is 0 Å². The van der Waals surface area contributed by atoms with Gasteiger partial charge < -0.3 is 14.2 Å². The summed E-state index contributed by atoms with van der Waals surface area (Å²) in [6.45, 7) is 6.48. The number of esters is 3. The van der Waals surface area contributed by atoms with Crippen molar-refractivity contribution >= 4 is 17.9 Å². The van der Waals surface area contributed by atoms with Crippen LogP contribution in [0, 0.1) is 0 Å². The van der Waals surface area contributed by atoms with Gasteiger partial charge in [-0.3, -0.25) is 14.4 Å². The average Bonchev–Trinajstić information content (AvgIpc) is 3.46. The minimum atomic E-state index is -0.792. The molecule has 0 aliphatic heterocycles. The highest BCUT2D eigenvalue weighted by molar-refractivity contribution is 5.71. The summed E-state index contributed by atoms with van der Waals surface area (Å²) in [7, 11) is 0. The highest BCUT2D eigenvalue weighted by Crippen LogP contribution is 2.16. The monoisotopic (exact) mass is 1120 g/mol. The Balaban J connectivity index is 4.20. The van der Waals surface area contributed by atoms with Crippen LogP contribution in [0.2, 0.25) is 0 Å². The highest BCUT2D eigenvalue weighted by atomic mass is 16.6. The first-order valence-corrected chi connectivity index (χ1v) is 34.0. The molecule has 0 radical (unpaired) electrons. The van der Waals surface area contributed by atoms with Crippen LogP contribution in [0.25, 0.3) is 0 Å². The predicted molar refractivity (Wildman–Crippen MR) is 353 cm³/mol. The molecule has 0 rings (SSSR count). The number of ether oxygens (including phenoxy) is 3. The molecule has 6 nitrogen and oxygen atoms in total. The molecule has 6 heteroatoms. The topological polar surface area (TPSA) is 78.9 Å². The number of carbonyl (C=O) groups excluding carboxylic acids is 3. The van der Waals surface area contributed by atoms with E-state index >= 15 is 0 Å². The number of carbonyl (C=O) groups is 3. The van der Waals surface area contributed by atoms with Crippen molar-refractivity contribution in [3.63, 3.8) is 0 Å². The molecule has 0 saturated carbocycles. The highest BCUT2D eigenvalue weighted by Gasteiger charge is 2.19. The Kier molecular flexibility index (Phi) is 64.8. The van der Waals surface area contributed by atoms with Crippen LogP contribution in [-0.2, 0) is 28.6 Å². The Morgan fingerprint density at radius 2 is 0.481 bits per heavy atom. The summed E-state index contributed by atoms with van der Waals surface area (Å²) in [5.41, 5.74) is 0. The van der Waals surface area contributed by atoms with Crippen molar-refractivity contribution < 1.29 is 28.6 Å². The lowest BCUT2D eigenvalue weighted by atomic mass is 10.0. The van der Waals surface area contributed by atoms with Crippen LogP contribution in [0.15, 0.2) is 122 Å². The number of allylic oxidation sites excluding steroid dienone is 20. The van der Waals surface area contributed by atoms with Gasteiger partial charge in [0, 0.05) is 19.3 Å². The molecule has 81 heavy (non-hydrogen) atoms. The van der Waals surface area contributed by atoms with E-state index in [1.165, 1.54) is 154 Å². The maximum atomic E-state index is 12.9. The van der Waals surface area contributed by atoms with Crippen LogP contribution in [0.5, 0.6) is 0 Å². The number of hydrogen-bond acceptors (Lipinski definition) is 6. The molecular formula is C75H126O6. The van der Waals surface area contributed by atoms with Crippen molar-refractivity contribution in [3.8, 4) is 0 Å². The van der Waals surface area contributed by atoms with Crippen molar-refractivity contribution in [2.75, 3.05) is 13.2 Å². The predicted octanol–water partition coefficient (Wildman–Crippen LogP) is 23.6. The molecule has 0 aromatic heterocycles. The Hall–Kier alpha value is -4.19. The molecule has 0 fully saturated rings. The zero-order valence-electron chi connectivity index (χ0n) is 53.0. The van der Waals surface area contributed by atoms with E-state index in [0.717, 1.165) is 122 Å². The molecule has 0 aliphatic rings. The van der Waals surface area contributed by atoms with E-state index in [1.807, 2.05) is 0 Å². The normalized spacial score (nSPS) is 12.9. The average molecular weight is 1120 g/mol. The smallest absolute Gasteiger partial charge is 0.306 e. The Morgan fingerprint density at radius 1 is 0.259 bits per heavy atom. The zero-order valence-corrected chi connectivity index (χ0v) is 53.0. The molecule has 462 valence electrons. The maximum absolute atomic E-state index is 12.9. The fourth-order valence-corrected chi connectivity index (χ4v) is 9.37. The first-order valence-electron chi connectivity index (χ1n) is 34.0. The molecule has 0 aliphatic carbocycles. The first kappa shape index (κ1) is 76.8. The molecule has 0 N–H and O–H groups in total. The van der Waals surface area contributed by atoms with Gasteiger partial charge in [-0.2, -0.15) is 0 Å². The van der Waals surface area contributed by atoms with E-state index in [4.69, 9.17) is 14.2 Å². The largest absolute Gasteiger partial charge is 0.462 e. The van der Waals surface area contributed by atoms with E-state index in [2.05, 4.69) is 142 Å². The van der Waals surface area contributed by atoms with Gasteiger partial charge in [-0.1, -0.05) is 303 Å². The Morgan fingerprint density at radius 3 is 0.778 bits per heavy atom. The molecular weight excluding hydrogens is 997 g/mol. The minimum Gasteiger partial charge on any atom is -0.462 e. The van der Waals surface area contributed by atoms with Crippen molar-refractivity contribution in [2.24, 2.45) is 0 Å². The third-order valence-corrected chi connectivity index (χ3v) is 14.5. The van der Waals surface area contributed by atoms with Gasteiger partial charge in [-0.25, -0.2) is 0 Å². The molecule has 0 aromatic carbocycles. The van der Waals surface area contributed by atoms with Crippen molar-refractivity contribution in [1.82, 2.24) is 0 Å². The van der Waals surface area contributed by atoms with E-state index in [9.17, 15) is 14.4 Å². The molecule has 0 spiro atoms. The minimum absolute atomic E-state index is 0.0886. The van der Waals surface area contributed by atoms with Crippen LogP contribution in [0.3, 0.4) is 0 Å². The number of hydrogen-bond donors (Lipinski definition) is 0. The third-order valence-electron chi connectivity index (χ3n) is 14.5. The van der Waals surface area contributed by atoms with Gasteiger partial charge in [-0.05, 0) is 116 Å². The number of rotatable bonds is 61. The Labute approximate surface area is 501 Å². The summed E-state index contributed by atoms with van der Waals surface area (Å²) in [6.07, 6.45) is 95.3. The van der Waals surface area contributed by atoms with E-state index in [0.29, 0.717) is 19.3 Å². The summed E-state index contributed by atoms with van der Waals surface area (Å²) >= 11 is 0. The van der Waals surface area contributed by atoms with Gasteiger partial charge in [0.15, 0.2) is 6.10 Å². The van der Waals surface area contributed by atoms with E-state index in [-0.39, 0.29) is 31.1 Å². The van der Waals surface area contributed by atoms with Crippen LogP contribution in [-0.4, -0.2) is 37.2 Å². The third kappa shape index (κ3) is 66.5. The molecule has 0 amide bonds. The standard InChI is InChI=1S/C75H126O6/c1-4-7-10-13-16-18-20-22-24-26-28-30-32-34-35-36-37-38-39-41-42-44-46-48-50-52-54-56-59-62-65-68-74(77)80-71-72(70-79-73(76)67-64-61-58-15-12-9-6-3)81-75(78)69-66-63-60-57-55-53-51-49-47-45-43-40-33-31-29-27-25-23-21-19-17-14-11-8-5-2/h7,10,16,18,22,24,27-30,34-35,37-38,41-42,46,48,52,54,72H,4-6,8-9,11-15,17,19-21,23,25-26,31-33,36,39-40,43-45,47,49-51,53,55-71H2,1-3H3/b10-7-,18-16-,24-22-,29-27-,30-28-,35-34-,38-37-,42-41-,48-46-,54-52-. The van der Waals surface area contributed by atoms with Crippen LogP contribution >= 0.6 is 0 Å². The fraction of sp³-hybridized carbons (Fsp3) is 0.693. The summed E-state index contributed by atoms with van der Waals surface area (Å²) in [6, 6.07) is 0. The summed E-state index contributed by atoms with van der Waals surface area (Å²) in [5, 5.41) is 0. The van der Waals surface area contributed by atoms with Crippen molar-refractivity contribution in [2.45, 2.75) is 322 Å². The lowest BCUT2D eigenvalue weighted by Crippen LogP contribution is -2.30. The van der Waals surface area contributed by atoms with E-state index < -0.39 is 6.10 Å². The second-order valence-electron chi connectivity index (χ2n) is 22.4. The summed E-state index contributed by atoms with van der Waals surface area (Å²) in [5.74, 6) is -0.923. The lowest BCUT2D eigenvalue weighted by Gasteiger charge is -2.18. The van der Waals surface area contributed by atoms with Crippen molar-refractivity contribution in [3.05, 3.63) is 122 Å². The second kappa shape index (κ2) is 68.3. The summed E-state index contributed by atoms with van der Waals surface area (Å²) < 4.78 is 16.8. The summed E-state index contributed by atoms with van der Waals surface area (Å²) in [4.78, 5) is 38.1. The fourth-order valence-electron chi connectivity index (χ4n) is 9.37. The van der Waals surface area contributed by atoms with Gasteiger partial charge in [0.1, 0.15) is 13.2 Å². The SMILES string of the molecule is CC/C=C\C/C=C\C/C=C\C/C=C\C/C=C\C/C=C\C/C=C\C/C=C\C/C=C\CCCCCC(=O)OCC(COC(=O)CCCCCCCCC)OC(=O)CCCCCCCCCCCCCCC/C=C\CCCCCCCCCC. The van der Waals surface area contributed by atoms with Crippen LogP contribution in [0.1, 0.15) is 316 Å². The maximum Gasteiger partial charge on any atom is 0.306 e. The van der Waals surface area contributed by atoms with Crippen LogP contribution in [0.4, 0.5) is 0 Å². The van der Waals surface area contributed by atoms with Crippen molar-refractivity contribution in [1.29, 1.82) is 0 Å². The molecule has 0 bridgehead atoms. The first-order chi connectivity index (χ1) is 40.0. The Bertz CT molecular complexity index is 1670. The van der Waals surface area contributed by atoms with Gasteiger partial charge in [0.2, 0.25) is 0 Å². The molecule has 0 heterocycles. The number of unbranched alkanes of at least 4 members (excludes halogenated alkanes) is 30. The molecule has 1 atom stereocenters. The lowest BCUT2D eigenvalue weighted by molar-refractivity contribution is -0.167. The molecule has 1 unspecified atom stereocenters. The van der Waals surface area contributed by atoms with Gasteiger partial charge >= 0.3 is 17.9 Å². The molecule has 0 saturated heterocycles. The van der Waals surface area contributed by atoms with E-state index in [1.54, 1.807) is 0 Å². The zero-order chi connectivity index (χ0) is 58.5. The van der Waals surface area contributed by atoms with Gasteiger partial charge in [0.05, 0.1) is 0 Å². The second-order valence-corrected chi connectivity index (χ2v) is 22.4. The van der Waals surface area contributed by atoms with Crippen LogP contribution < -0.4 is 0 Å². The quantitative estimate of drug-likeness (QED) is 0.0261.